The van der Waals surface area contributed by atoms with Crippen LogP contribution in [-0.4, -0.2) is 55.0 Å². The number of carbonyl (C=O) groups is 3. The lowest BCUT2D eigenvalue weighted by atomic mass is 9.80. The minimum atomic E-state index is -0.910. The average molecular weight is 523 g/mol. The number of benzene rings is 2. The minimum absolute atomic E-state index is 0.0150. The molecule has 0 radical (unpaired) electrons. The number of hydrogen-bond donors (Lipinski definition) is 1. The van der Waals surface area contributed by atoms with Crippen molar-refractivity contribution in [3.63, 3.8) is 0 Å². The summed E-state index contributed by atoms with van der Waals surface area (Å²) in [5.41, 5.74) is 3.19. The summed E-state index contributed by atoms with van der Waals surface area (Å²) >= 11 is 0. The van der Waals surface area contributed by atoms with E-state index >= 15 is 0 Å². The Balaban J connectivity index is 1.60. The van der Waals surface area contributed by atoms with Crippen molar-refractivity contribution in [1.29, 1.82) is 0 Å². The van der Waals surface area contributed by atoms with E-state index in [1.165, 1.54) is 16.0 Å². The summed E-state index contributed by atoms with van der Waals surface area (Å²) in [6.07, 6.45) is 1.30. The van der Waals surface area contributed by atoms with Gasteiger partial charge in [0, 0.05) is 13.1 Å². The van der Waals surface area contributed by atoms with E-state index in [0.717, 1.165) is 12.0 Å². The van der Waals surface area contributed by atoms with Crippen LogP contribution in [-0.2, 0) is 36.4 Å². The molecular weight excluding hydrogens is 480 g/mol. The fourth-order valence-electron chi connectivity index (χ4n) is 4.47. The molecular formula is C31H42N2O5. The van der Waals surface area contributed by atoms with Crippen LogP contribution in [0.5, 0.6) is 5.75 Å². The summed E-state index contributed by atoms with van der Waals surface area (Å²) in [6, 6.07) is 15.2. The number of carbonyl (C=O) groups excluding carboxylic acids is 3. The fraction of sp³-hybridized carbons (Fsp3) is 0.516. The van der Waals surface area contributed by atoms with Crippen LogP contribution in [0.1, 0.15) is 71.1 Å². The van der Waals surface area contributed by atoms with Crippen molar-refractivity contribution < 1.29 is 23.9 Å². The van der Waals surface area contributed by atoms with Gasteiger partial charge in [-0.05, 0) is 46.4 Å². The molecule has 0 saturated carbocycles. The van der Waals surface area contributed by atoms with E-state index in [1.54, 1.807) is 0 Å². The predicted octanol–water partition coefficient (Wildman–Crippen LogP) is 4.55. The first kappa shape index (κ1) is 29.2. The van der Waals surface area contributed by atoms with E-state index < -0.39 is 12.0 Å². The molecule has 7 nitrogen and oxygen atoms in total. The van der Waals surface area contributed by atoms with Gasteiger partial charge in [-0.1, -0.05) is 84.0 Å². The van der Waals surface area contributed by atoms with Crippen molar-refractivity contribution in [3.05, 3.63) is 65.2 Å². The first-order chi connectivity index (χ1) is 17.9. The SMILES string of the molecule is CC(C)(C)c1ccc(OCC(=O)N2CCNC(=O)C2CC(=O)OCCCc2ccccc2)c(C(C)(C)C)c1. The normalized spacial score (nSPS) is 16.1. The Bertz CT molecular complexity index is 1120. The van der Waals surface area contributed by atoms with Crippen molar-refractivity contribution >= 4 is 17.8 Å². The molecule has 0 aromatic heterocycles. The Kier molecular flexibility index (Phi) is 9.58. The van der Waals surface area contributed by atoms with Crippen LogP contribution >= 0.6 is 0 Å². The molecule has 1 saturated heterocycles. The standard InChI is InChI=1S/C31H42N2O5/c1-30(2,3)23-14-15-26(24(19-23)31(4,5)6)38-21-27(34)33-17-16-32-29(36)25(33)20-28(35)37-18-10-13-22-11-8-7-9-12-22/h7-9,11-12,14-15,19,25H,10,13,16-18,20-21H2,1-6H3,(H,32,36). The van der Waals surface area contributed by atoms with Gasteiger partial charge in [-0.3, -0.25) is 14.4 Å². The van der Waals surface area contributed by atoms with Crippen LogP contribution < -0.4 is 10.1 Å². The Morgan fingerprint density at radius 2 is 1.71 bits per heavy atom. The molecule has 2 amide bonds. The highest BCUT2D eigenvalue weighted by Crippen LogP contribution is 2.35. The van der Waals surface area contributed by atoms with Crippen molar-refractivity contribution in [3.8, 4) is 5.75 Å². The molecule has 38 heavy (non-hydrogen) atoms. The van der Waals surface area contributed by atoms with Crippen LogP contribution in [0.25, 0.3) is 0 Å². The summed E-state index contributed by atoms with van der Waals surface area (Å²) in [5, 5.41) is 2.75. The second-order valence-electron chi connectivity index (χ2n) is 11.9. The highest BCUT2D eigenvalue weighted by atomic mass is 16.5. The summed E-state index contributed by atoms with van der Waals surface area (Å²) in [7, 11) is 0. The van der Waals surface area contributed by atoms with Gasteiger partial charge in [0.15, 0.2) is 6.61 Å². The molecule has 2 aromatic rings. The Labute approximate surface area is 226 Å². The van der Waals surface area contributed by atoms with Crippen molar-refractivity contribution in [1.82, 2.24) is 10.2 Å². The molecule has 2 aromatic carbocycles. The summed E-state index contributed by atoms with van der Waals surface area (Å²) in [5.74, 6) is -0.529. The van der Waals surface area contributed by atoms with Crippen molar-refractivity contribution in [2.45, 2.75) is 77.7 Å². The van der Waals surface area contributed by atoms with E-state index in [0.29, 0.717) is 25.3 Å². The zero-order valence-corrected chi connectivity index (χ0v) is 23.6. The van der Waals surface area contributed by atoms with Gasteiger partial charge < -0.3 is 19.7 Å². The molecule has 0 spiro atoms. The van der Waals surface area contributed by atoms with Gasteiger partial charge in [0.05, 0.1) is 13.0 Å². The quantitative estimate of drug-likeness (QED) is 0.386. The molecule has 1 N–H and O–H groups in total. The summed E-state index contributed by atoms with van der Waals surface area (Å²) in [4.78, 5) is 39.7. The third kappa shape index (κ3) is 8.07. The zero-order chi connectivity index (χ0) is 27.9. The second kappa shape index (κ2) is 12.5. The zero-order valence-electron chi connectivity index (χ0n) is 23.6. The van der Waals surface area contributed by atoms with Gasteiger partial charge in [-0.2, -0.15) is 0 Å². The number of hydrogen-bond acceptors (Lipinski definition) is 5. The molecule has 206 valence electrons. The summed E-state index contributed by atoms with van der Waals surface area (Å²) in [6.45, 7) is 13.5. The van der Waals surface area contributed by atoms with Crippen LogP contribution in [0.2, 0.25) is 0 Å². The lowest BCUT2D eigenvalue weighted by Gasteiger charge is -2.34. The second-order valence-corrected chi connectivity index (χ2v) is 11.9. The number of nitrogens with zero attached hydrogens (tertiary/aromatic N) is 1. The number of esters is 1. The molecule has 3 rings (SSSR count). The van der Waals surface area contributed by atoms with Gasteiger partial charge in [-0.25, -0.2) is 0 Å². The lowest BCUT2D eigenvalue weighted by molar-refractivity contribution is -0.152. The van der Waals surface area contributed by atoms with Gasteiger partial charge in [0.2, 0.25) is 5.91 Å². The maximum Gasteiger partial charge on any atom is 0.308 e. The van der Waals surface area contributed by atoms with Crippen LogP contribution in [0.3, 0.4) is 0 Å². The third-order valence-electron chi connectivity index (χ3n) is 6.73. The van der Waals surface area contributed by atoms with E-state index in [2.05, 4.69) is 52.9 Å². The number of aryl methyl sites for hydroxylation is 1. The van der Waals surface area contributed by atoms with E-state index in [-0.39, 0.29) is 42.3 Å². The van der Waals surface area contributed by atoms with E-state index in [4.69, 9.17) is 9.47 Å². The molecule has 1 fully saturated rings. The number of ether oxygens (including phenoxy) is 2. The highest BCUT2D eigenvalue weighted by Gasteiger charge is 2.35. The average Bonchev–Trinajstić information content (AvgIpc) is 2.86. The fourth-order valence-corrected chi connectivity index (χ4v) is 4.47. The molecule has 1 heterocycles. The number of amides is 2. The van der Waals surface area contributed by atoms with E-state index in [9.17, 15) is 14.4 Å². The van der Waals surface area contributed by atoms with Gasteiger partial charge in [0.25, 0.3) is 5.91 Å². The molecule has 1 atom stereocenters. The first-order valence-electron chi connectivity index (χ1n) is 13.4. The van der Waals surface area contributed by atoms with Gasteiger partial charge in [-0.15, -0.1) is 0 Å². The largest absolute Gasteiger partial charge is 0.483 e. The van der Waals surface area contributed by atoms with Crippen LogP contribution in [0.15, 0.2) is 48.5 Å². The van der Waals surface area contributed by atoms with Crippen molar-refractivity contribution in [2.24, 2.45) is 0 Å². The number of rotatable bonds is 9. The molecule has 0 bridgehead atoms. The topological polar surface area (TPSA) is 84.9 Å². The number of piperazine rings is 1. The molecule has 7 heteroatoms. The summed E-state index contributed by atoms with van der Waals surface area (Å²) < 4.78 is 11.4. The highest BCUT2D eigenvalue weighted by molar-refractivity contribution is 5.92. The lowest BCUT2D eigenvalue weighted by Crippen LogP contribution is -2.58. The molecule has 1 aliphatic rings. The van der Waals surface area contributed by atoms with Crippen LogP contribution in [0, 0.1) is 0 Å². The monoisotopic (exact) mass is 522 g/mol. The Morgan fingerprint density at radius 3 is 2.37 bits per heavy atom. The van der Waals surface area contributed by atoms with E-state index in [1.807, 2.05) is 42.5 Å². The maximum absolute atomic E-state index is 13.2. The Hall–Kier alpha value is -3.35. The van der Waals surface area contributed by atoms with Crippen molar-refractivity contribution in [2.75, 3.05) is 26.3 Å². The molecule has 0 aliphatic carbocycles. The number of nitrogens with one attached hydrogen (secondary N) is 1. The maximum atomic E-state index is 13.2. The predicted molar refractivity (Wildman–Crippen MR) is 148 cm³/mol. The van der Waals surface area contributed by atoms with Crippen LogP contribution in [0.4, 0.5) is 0 Å². The first-order valence-corrected chi connectivity index (χ1v) is 13.4. The molecule has 1 unspecified atom stereocenters. The smallest absolute Gasteiger partial charge is 0.308 e. The van der Waals surface area contributed by atoms with Gasteiger partial charge in [0.1, 0.15) is 11.8 Å². The van der Waals surface area contributed by atoms with Gasteiger partial charge >= 0.3 is 5.97 Å². The Morgan fingerprint density at radius 1 is 1.00 bits per heavy atom. The molecule has 1 aliphatic heterocycles. The third-order valence-corrected chi connectivity index (χ3v) is 6.73. The minimum Gasteiger partial charge on any atom is -0.483 e.